The maximum Gasteiger partial charge on any atom is 0.303 e. The van der Waals surface area contributed by atoms with Crippen molar-refractivity contribution in [3.63, 3.8) is 0 Å². The normalized spacial score (nSPS) is 11.8. The van der Waals surface area contributed by atoms with E-state index >= 15 is 0 Å². The number of hydrogen-bond acceptors (Lipinski definition) is 4. The van der Waals surface area contributed by atoms with Crippen molar-refractivity contribution in [3.8, 4) is 11.3 Å². The van der Waals surface area contributed by atoms with Crippen molar-refractivity contribution >= 4 is 22.9 Å². The highest BCUT2D eigenvalue weighted by Gasteiger charge is 2.15. The van der Waals surface area contributed by atoms with Crippen molar-refractivity contribution in [2.24, 2.45) is 0 Å². The van der Waals surface area contributed by atoms with Gasteiger partial charge in [-0.2, -0.15) is 0 Å². The van der Waals surface area contributed by atoms with Crippen LogP contribution in [0.3, 0.4) is 0 Å². The van der Waals surface area contributed by atoms with Gasteiger partial charge in [-0.25, -0.2) is 14.4 Å². The van der Waals surface area contributed by atoms with Gasteiger partial charge in [0, 0.05) is 17.5 Å². The number of aliphatic carboxylic acids is 1. The first-order valence-corrected chi connectivity index (χ1v) is 11.5. The summed E-state index contributed by atoms with van der Waals surface area (Å²) >= 11 is 0. The summed E-state index contributed by atoms with van der Waals surface area (Å²) in [6.07, 6.45) is 1.73. The quantitative estimate of drug-likeness (QED) is 0.305. The molecule has 0 aliphatic heterocycles. The Kier molecular flexibility index (Phi) is 7.45. The van der Waals surface area contributed by atoms with Crippen LogP contribution in [0.25, 0.3) is 22.3 Å². The average Bonchev–Trinajstić information content (AvgIpc) is 2.86. The molecule has 1 heterocycles. The molecule has 178 valence electrons. The molecule has 4 aromatic rings. The van der Waals surface area contributed by atoms with E-state index in [1.165, 1.54) is 12.1 Å². The van der Waals surface area contributed by atoms with Gasteiger partial charge in [-0.3, -0.25) is 9.59 Å². The molecule has 0 radical (unpaired) electrons. The van der Waals surface area contributed by atoms with E-state index < -0.39 is 5.97 Å². The lowest BCUT2D eigenvalue weighted by Gasteiger charge is -2.15. The number of carboxylic acid groups (broad SMARTS) is 1. The summed E-state index contributed by atoms with van der Waals surface area (Å²) < 4.78 is 13.5. The van der Waals surface area contributed by atoms with Crippen LogP contribution in [-0.2, 0) is 11.2 Å². The van der Waals surface area contributed by atoms with Gasteiger partial charge in [0.25, 0.3) is 5.91 Å². The van der Waals surface area contributed by atoms with E-state index in [9.17, 15) is 14.0 Å². The number of carbonyl (C=O) groups is 2. The Morgan fingerprint density at radius 3 is 2.40 bits per heavy atom. The van der Waals surface area contributed by atoms with Gasteiger partial charge in [-0.1, -0.05) is 30.3 Å². The van der Waals surface area contributed by atoms with Gasteiger partial charge in [0.1, 0.15) is 5.82 Å². The summed E-state index contributed by atoms with van der Waals surface area (Å²) in [6, 6.07) is 20.8. The number of carboxylic acids is 1. The van der Waals surface area contributed by atoms with Crippen LogP contribution in [0.1, 0.15) is 53.8 Å². The SMILES string of the molecule is C[C@@H](NC(=O)c1ccc2nc(-c3ccc(F)cc3)c(CCCCC(=O)O)nc2c1)c1ccccc1. The first-order chi connectivity index (χ1) is 16.9. The molecule has 1 amide bonds. The minimum absolute atomic E-state index is 0.0802. The maximum atomic E-state index is 13.5. The molecule has 0 saturated carbocycles. The molecule has 0 fully saturated rings. The lowest BCUT2D eigenvalue weighted by Crippen LogP contribution is -2.26. The molecular weight excluding hydrogens is 445 g/mol. The highest BCUT2D eigenvalue weighted by molar-refractivity contribution is 5.97. The van der Waals surface area contributed by atoms with Crippen molar-refractivity contribution in [2.45, 2.75) is 38.6 Å². The van der Waals surface area contributed by atoms with Crippen LogP contribution in [0.2, 0.25) is 0 Å². The Bertz CT molecular complexity index is 1340. The molecule has 4 rings (SSSR count). The number of fused-ring (bicyclic) bond motifs is 1. The number of aromatic nitrogens is 2. The number of nitrogens with one attached hydrogen (secondary N) is 1. The number of hydrogen-bond donors (Lipinski definition) is 2. The fourth-order valence-corrected chi connectivity index (χ4v) is 3.92. The van der Waals surface area contributed by atoms with Crippen molar-refractivity contribution in [1.29, 1.82) is 0 Å². The largest absolute Gasteiger partial charge is 0.481 e. The number of unbranched alkanes of at least 4 members (excludes halogenated alkanes) is 1. The Morgan fingerprint density at radius 2 is 1.69 bits per heavy atom. The van der Waals surface area contributed by atoms with Crippen LogP contribution in [-0.4, -0.2) is 27.0 Å². The molecule has 0 aliphatic carbocycles. The molecule has 1 atom stereocenters. The van der Waals surface area contributed by atoms with Crippen LogP contribution in [0.15, 0.2) is 72.8 Å². The first-order valence-electron chi connectivity index (χ1n) is 11.5. The second-order valence-corrected chi connectivity index (χ2v) is 8.44. The summed E-state index contributed by atoms with van der Waals surface area (Å²) in [7, 11) is 0. The average molecular weight is 472 g/mol. The smallest absolute Gasteiger partial charge is 0.303 e. The first kappa shape index (κ1) is 24.0. The molecule has 0 saturated heterocycles. The minimum Gasteiger partial charge on any atom is -0.481 e. The van der Waals surface area contributed by atoms with Gasteiger partial charge < -0.3 is 10.4 Å². The fraction of sp³-hybridized carbons (Fsp3) is 0.214. The van der Waals surface area contributed by atoms with Gasteiger partial charge in [0.15, 0.2) is 0 Å². The van der Waals surface area contributed by atoms with Crippen molar-refractivity contribution in [1.82, 2.24) is 15.3 Å². The third-order valence-electron chi connectivity index (χ3n) is 5.82. The van der Waals surface area contributed by atoms with E-state index in [4.69, 9.17) is 15.1 Å². The molecule has 0 spiro atoms. The zero-order valence-corrected chi connectivity index (χ0v) is 19.4. The van der Waals surface area contributed by atoms with Crippen molar-refractivity contribution in [3.05, 3.63) is 95.4 Å². The molecular formula is C28H26FN3O3. The van der Waals surface area contributed by atoms with Gasteiger partial charge in [0.05, 0.1) is 28.5 Å². The van der Waals surface area contributed by atoms with Crippen LogP contribution in [0.5, 0.6) is 0 Å². The van der Waals surface area contributed by atoms with Gasteiger partial charge in [-0.15, -0.1) is 0 Å². The Morgan fingerprint density at radius 1 is 0.943 bits per heavy atom. The molecule has 7 heteroatoms. The number of aryl methyl sites for hydroxylation is 1. The number of carbonyl (C=O) groups excluding carboxylic acids is 1. The predicted octanol–water partition coefficient (Wildman–Crippen LogP) is 5.72. The fourth-order valence-electron chi connectivity index (χ4n) is 3.92. The van der Waals surface area contributed by atoms with E-state index in [1.807, 2.05) is 37.3 Å². The monoisotopic (exact) mass is 471 g/mol. The van der Waals surface area contributed by atoms with Gasteiger partial charge in [0.2, 0.25) is 0 Å². The number of halogens is 1. The topological polar surface area (TPSA) is 92.2 Å². The minimum atomic E-state index is -0.839. The Hall–Kier alpha value is -4.13. The highest BCUT2D eigenvalue weighted by Crippen LogP contribution is 2.26. The van der Waals surface area contributed by atoms with E-state index in [1.54, 1.807) is 30.3 Å². The van der Waals surface area contributed by atoms with Crippen molar-refractivity contribution in [2.75, 3.05) is 0 Å². The van der Waals surface area contributed by atoms with Gasteiger partial charge >= 0.3 is 5.97 Å². The number of amides is 1. The van der Waals surface area contributed by atoms with E-state index in [0.717, 1.165) is 11.1 Å². The van der Waals surface area contributed by atoms with E-state index in [2.05, 4.69) is 5.32 Å². The molecule has 0 aliphatic rings. The molecule has 6 nitrogen and oxygen atoms in total. The molecule has 35 heavy (non-hydrogen) atoms. The van der Waals surface area contributed by atoms with Crippen LogP contribution in [0.4, 0.5) is 4.39 Å². The van der Waals surface area contributed by atoms with Gasteiger partial charge in [-0.05, 0) is 74.2 Å². The Labute approximate surface area is 202 Å². The second-order valence-electron chi connectivity index (χ2n) is 8.44. The third kappa shape index (κ3) is 6.06. The number of rotatable bonds is 9. The summed E-state index contributed by atoms with van der Waals surface area (Å²) in [5.74, 6) is -1.39. The molecule has 0 unspecified atom stereocenters. The molecule has 1 aromatic heterocycles. The summed E-state index contributed by atoms with van der Waals surface area (Å²) in [5.41, 5.74) is 4.71. The summed E-state index contributed by atoms with van der Waals surface area (Å²) in [6.45, 7) is 1.93. The van der Waals surface area contributed by atoms with Crippen LogP contribution < -0.4 is 5.32 Å². The predicted molar refractivity (Wildman–Crippen MR) is 132 cm³/mol. The van der Waals surface area contributed by atoms with Crippen molar-refractivity contribution < 1.29 is 19.1 Å². The number of benzene rings is 3. The molecule has 0 bridgehead atoms. The third-order valence-corrected chi connectivity index (χ3v) is 5.82. The zero-order valence-electron chi connectivity index (χ0n) is 19.4. The summed E-state index contributed by atoms with van der Waals surface area (Å²) in [4.78, 5) is 33.3. The lowest BCUT2D eigenvalue weighted by atomic mass is 10.0. The standard InChI is InChI=1S/C28H26FN3O3/c1-18(19-7-3-2-4-8-19)30-28(35)21-13-16-23-25(17-21)31-24(9-5-6-10-26(33)34)27(32-23)20-11-14-22(29)15-12-20/h2-4,7-8,11-18H,5-6,9-10H2,1H3,(H,30,35)(H,33,34)/t18-/m1/s1. The molecule has 3 aromatic carbocycles. The van der Waals surface area contributed by atoms with Crippen LogP contribution >= 0.6 is 0 Å². The number of nitrogens with zero attached hydrogens (tertiary/aromatic N) is 2. The lowest BCUT2D eigenvalue weighted by molar-refractivity contribution is -0.137. The second kappa shape index (κ2) is 10.9. The highest BCUT2D eigenvalue weighted by atomic mass is 19.1. The van der Waals surface area contributed by atoms with E-state index in [0.29, 0.717) is 47.2 Å². The van der Waals surface area contributed by atoms with Crippen LogP contribution in [0, 0.1) is 5.82 Å². The van der Waals surface area contributed by atoms with E-state index in [-0.39, 0.29) is 24.2 Å². The Balaban J connectivity index is 1.63. The molecule has 2 N–H and O–H groups in total. The maximum absolute atomic E-state index is 13.5. The summed E-state index contributed by atoms with van der Waals surface area (Å²) in [5, 5.41) is 11.9. The zero-order chi connectivity index (χ0) is 24.8.